The van der Waals surface area contributed by atoms with E-state index in [9.17, 15) is 15.3 Å². The van der Waals surface area contributed by atoms with Crippen molar-refractivity contribution in [1.29, 1.82) is 0 Å². The van der Waals surface area contributed by atoms with Crippen LogP contribution in [0, 0.1) is 6.92 Å². The Kier molecular flexibility index (Phi) is 9.94. The predicted molar refractivity (Wildman–Crippen MR) is 101 cm³/mol. The molecule has 144 valence electrons. The fourth-order valence-corrected chi connectivity index (χ4v) is 3.36. The number of nitrogens with one attached hydrogen (secondary N) is 1. The van der Waals surface area contributed by atoms with Gasteiger partial charge in [0.25, 0.3) is 0 Å². The topological polar surface area (TPSA) is 93.0 Å². The first-order valence-electron chi connectivity index (χ1n) is 8.99. The van der Waals surface area contributed by atoms with Gasteiger partial charge in [-0.1, -0.05) is 49.1 Å². The molecule has 0 amide bonds. The second-order valence-corrected chi connectivity index (χ2v) is 6.97. The molecular formula is C19H32ClNO4. The molecule has 0 spiro atoms. The molecule has 0 radical (unpaired) electrons. The zero-order chi connectivity index (χ0) is 17.5. The monoisotopic (exact) mass is 373 g/mol. The van der Waals surface area contributed by atoms with Gasteiger partial charge in [0.1, 0.15) is 0 Å². The molecule has 1 aliphatic rings. The number of aryl methyl sites for hydroxylation is 2. The van der Waals surface area contributed by atoms with Gasteiger partial charge in [-0.25, -0.2) is 0 Å². The standard InChI is InChI=1S/C19H31NO4.ClH/c1-13-8-10-14(11-9-13)6-4-2-3-5-7-16(22)17-19(24)18(23)15(12-21)20-17;/h8-11,15-24H,2-7,12H2,1H3;1H/t15-,16+,17-,18-,19-;/m0./s1. The third-order valence-corrected chi connectivity index (χ3v) is 4.98. The van der Waals surface area contributed by atoms with Crippen molar-refractivity contribution in [3.63, 3.8) is 0 Å². The molecule has 5 N–H and O–H groups in total. The minimum Gasteiger partial charge on any atom is -0.395 e. The van der Waals surface area contributed by atoms with Crippen molar-refractivity contribution < 1.29 is 20.4 Å². The fourth-order valence-electron chi connectivity index (χ4n) is 3.36. The van der Waals surface area contributed by atoms with Crippen molar-refractivity contribution >= 4 is 12.4 Å². The van der Waals surface area contributed by atoms with E-state index in [1.54, 1.807) is 0 Å². The van der Waals surface area contributed by atoms with Gasteiger partial charge in [0, 0.05) is 0 Å². The largest absolute Gasteiger partial charge is 0.395 e. The maximum Gasteiger partial charge on any atom is 0.0993 e. The number of hydrogen-bond donors (Lipinski definition) is 5. The van der Waals surface area contributed by atoms with Crippen molar-refractivity contribution in [2.75, 3.05) is 6.61 Å². The van der Waals surface area contributed by atoms with Gasteiger partial charge in [0.15, 0.2) is 0 Å². The molecule has 2 rings (SSSR count). The van der Waals surface area contributed by atoms with Gasteiger partial charge in [0.05, 0.1) is 37.0 Å². The first kappa shape index (κ1) is 22.4. The highest BCUT2D eigenvalue weighted by Gasteiger charge is 2.43. The highest BCUT2D eigenvalue weighted by molar-refractivity contribution is 5.85. The molecule has 25 heavy (non-hydrogen) atoms. The molecule has 5 atom stereocenters. The quantitative estimate of drug-likeness (QED) is 0.421. The molecule has 1 fully saturated rings. The minimum atomic E-state index is -1.03. The Morgan fingerprint density at radius 2 is 1.64 bits per heavy atom. The lowest BCUT2D eigenvalue weighted by Gasteiger charge is -2.22. The van der Waals surface area contributed by atoms with Crippen LogP contribution in [0.4, 0.5) is 0 Å². The highest BCUT2D eigenvalue weighted by Crippen LogP contribution is 2.20. The van der Waals surface area contributed by atoms with Crippen LogP contribution in [0.5, 0.6) is 0 Å². The summed E-state index contributed by atoms with van der Waals surface area (Å²) >= 11 is 0. The number of hydrogen-bond acceptors (Lipinski definition) is 5. The average Bonchev–Trinajstić information content (AvgIpc) is 2.87. The molecule has 0 aliphatic carbocycles. The average molecular weight is 374 g/mol. The number of rotatable bonds is 9. The normalized spacial score (nSPS) is 27.1. The Morgan fingerprint density at radius 1 is 1.00 bits per heavy atom. The molecule has 1 aliphatic heterocycles. The Balaban J connectivity index is 0.00000312. The fraction of sp³-hybridized carbons (Fsp3) is 0.684. The van der Waals surface area contributed by atoms with E-state index in [1.807, 2.05) is 0 Å². The van der Waals surface area contributed by atoms with Gasteiger partial charge in [0.2, 0.25) is 0 Å². The molecule has 0 saturated carbocycles. The van der Waals surface area contributed by atoms with Gasteiger partial charge in [-0.15, -0.1) is 12.4 Å². The Bertz CT molecular complexity index is 485. The molecule has 1 aromatic carbocycles. The first-order chi connectivity index (χ1) is 11.5. The van der Waals surface area contributed by atoms with E-state index in [-0.39, 0.29) is 19.0 Å². The summed E-state index contributed by atoms with van der Waals surface area (Å²) in [6.45, 7) is 1.84. The lowest BCUT2D eigenvalue weighted by atomic mass is 9.98. The van der Waals surface area contributed by atoms with E-state index >= 15 is 0 Å². The van der Waals surface area contributed by atoms with Crippen LogP contribution in [0.25, 0.3) is 0 Å². The molecular weight excluding hydrogens is 342 g/mol. The zero-order valence-corrected chi connectivity index (χ0v) is 15.7. The smallest absolute Gasteiger partial charge is 0.0993 e. The van der Waals surface area contributed by atoms with Crippen molar-refractivity contribution in [1.82, 2.24) is 5.32 Å². The number of aliphatic hydroxyl groups is 4. The van der Waals surface area contributed by atoms with Gasteiger partial charge < -0.3 is 25.7 Å². The van der Waals surface area contributed by atoms with Crippen LogP contribution in [-0.4, -0.2) is 57.4 Å². The van der Waals surface area contributed by atoms with Crippen LogP contribution < -0.4 is 5.32 Å². The van der Waals surface area contributed by atoms with Gasteiger partial charge in [-0.05, 0) is 31.7 Å². The van der Waals surface area contributed by atoms with Crippen LogP contribution in [-0.2, 0) is 6.42 Å². The highest BCUT2D eigenvalue weighted by atomic mass is 35.5. The van der Waals surface area contributed by atoms with E-state index in [4.69, 9.17) is 5.11 Å². The zero-order valence-electron chi connectivity index (χ0n) is 14.8. The van der Waals surface area contributed by atoms with Gasteiger partial charge >= 0.3 is 0 Å². The van der Waals surface area contributed by atoms with Crippen LogP contribution in [0.2, 0.25) is 0 Å². The summed E-state index contributed by atoms with van der Waals surface area (Å²) in [5.41, 5.74) is 2.65. The van der Waals surface area contributed by atoms with Crippen molar-refractivity contribution in [3.05, 3.63) is 35.4 Å². The lowest BCUT2D eigenvalue weighted by molar-refractivity contribution is -0.00443. The van der Waals surface area contributed by atoms with E-state index < -0.39 is 30.4 Å². The third kappa shape index (κ3) is 6.51. The number of aliphatic hydroxyl groups excluding tert-OH is 4. The molecule has 0 aromatic heterocycles. The number of halogens is 1. The molecule has 1 heterocycles. The van der Waals surface area contributed by atoms with Crippen molar-refractivity contribution in [2.24, 2.45) is 0 Å². The Labute approximate surface area is 156 Å². The van der Waals surface area contributed by atoms with Gasteiger partial charge in [-0.3, -0.25) is 0 Å². The molecule has 5 nitrogen and oxygen atoms in total. The number of benzene rings is 1. The second-order valence-electron chi connectivity index (χ2n) is 6.97. The maximum atomic E-state index is 10.2. The molecule has 6 heteroatoms. The molecule has 1 aromatic rings. The molecule has 1 saturated heterocycles. The molecule has 0 bridgehead atoms. The van der Waals surface area contributed by atoms with Crippen molar-refractivity contribution in [2.45, 2.75) is 75.8 Å². The summed E-state index contributed by atoms with van der Waals surface area (Å²) in [7, 11) is 0. The minimum absolute atomic E-state index is 0. The molecule has 0 unspecified atom stereocenters. The van der Waals surface area contributed by atoms with E-state index in [0.717, 1.165) is 32.1 Å². The Morgan fingerprint density at radius 3 is 2.24 bits per heavy atom. The maximum absolute atomic E-state index is 10.2. The lowest BCUT2D eigenvalue weighted by Crippen LogP contribution is -2.44. The SMILES string of the molecule is Cc1ccc(CCCCCC[C@@H](O)[C@@H]2N[C@@H](CO)[C@H](O)[C@H]2O)cc1.Cl. The summed E-state index contributed by atoms with van der Waals surface area (Å²) in [6.07, 6.45) is 3.08. The summed E-state index contributed by atoms with van der Waals surface area (Å²) in [5, 5.41) is 41.9. The predicted octanol–water partition coefficient (Wildman–Crippen LogP) is 1.33. The summed E-state index contributed by atoms with van der Waals surface area (Å²) in [4.78, 5) is 0. The summed E-state index contributed by atoms with van der Waals surface area (Å²) in [5.74, 6) is 0. The van der Waals surface area contributed by atoms with Crippen molar-refractivity contribution in [3.8, 4) is 0 Å². The third-order valence-electron chi connectivity index (χ3n) is 4.98. The van der Waals surface area contributed by atoms with Crippen LogP contribution >= 0.6 is 12.4 Å². The second kappa shape index (κ2) is 11.1. The Hall–Kier alpha value is -0.690. The summed E-state index contributed by atoms with van der Waals surface area (Å²) < 4.78 is 0. The number of unbranched alkanes of at least 4 members (excludes halogenated alkanes) is 3. The van der Waals surface area contributed by atoms with E-state index in [0.29, 0.717) is 6.42 Å². The van der Waals surface area contributed by atoms with Crippen LogP contribution in [0.3, 0.4) is 0 Å². The van der Waals surface area contributed by atoms with E-state index in [2.05, 4.69) is 36.5 Å². The van der Waals surface area contributed by atoms with Crippen LogP contribution in [0.15, 0.2) is 24.3 Å². The summed E-state index contributed by atoms with van der Waals surface area (Å²) in [6, 6.07) is 7.50. The first-order valence-corrected chi connectivity index (χ1v) is 8.99. The van der Waals surface area contributed by atoms with Crippen LogP contribution in [0.1, 0.15) is 43.2 Å². The van der Waals surface area contributed by atoms with Gasteiger partial charge in [-0.2, -0.15) is 0 Å². The van der Waals surface area contributed by atoms with E-state index in [1.165, 1.54) is 11.1 Å².